The number of piperidine rings is 1. The molecule has 1 aliphatic heterocycles. The minimum atomic E-state index is -4.48. The monoisotopic (exact) mass is 271 g/mol. The van der Waals surface area contributed by atoms with Gasteiger partial charge in [-0.15, -0.1) is 0 Å². The van der Waals surface area contributed by atoms with E-state index in [1.54, 1.807) is 0 Å². The molecule has 2 heterocycles. The number of fused-ring (bicyclic) bond motifs is 1. The maximum Gasteiger partial charge on any atom is 0.433 e. The summed E-state index contributed by atoms with van der Waals surface area (Å²) in [5.74, 6) is 0.568. The van der Waals surface area contributed by atoms with Crippen molar-refractivity contribution in [2.24, 2.45) is 11.8 Å². The molecule has 1 aromatic heterocycles. The molecule has 1 aliphatic carbocycles. The van der Waals surface area contributed by atoms with Crippen molar-refractivity contribution in [1.82, 2.24) is 15.6 Å². The fourth-order valence-electron chi connectivity index (χ4n) is 2.56. The van der Waals surface area contributed by atoms with Gasteiger partial charge in [0.15, 0.2) is 0 Å². The van der Waals surface area contributed by atoms with Gasteiger partial charge in [0.25, 0.3) is 5.91 Å². The summed E-state index contributed by atoms with van der Waals surface area (Å²) in [5, 5.41) is 6.03. The van der Waals surface area contributed by atoms with Gasteiger partial charge in [-0.25, -0.2) is 0 Å². The van der Waals surface area contributed by atoms with E-state index < -0.39 is 11.9 Å². The molecule has 19 heavy (non-hydrogen) atoms. The van der Waals surface area contributed by atoms with Crippen LogP contribution in [-0.4, -0.2) is 30.0 Å². The van der Waals surface area contributed by atoms with Gasteiger partial charge >= 0.3 is 6.18 Å². The minimum Gasteiger partial charge on any atom is -0.349 e. The zero-order valence-corrected chi connectivity index (χ0v) is 9.87. The Morgan fingerprint density at radius 2 is 2.00 bits per heavy atom. The number of aromatic nitrogens is 1. The Balaban J connectivity index is 1.64. The van der Waals surface area contributed by atoms with Crippen LogP contribution in [-0.2, 0) is 6.18 Å². The first kappa shape index (κ1) is 12.4. The number of pyridine rings is 1. The third-order valence-electron chi connectivity index (χ3n) is 3.71. The van der Waals surface area contributed by atoms with Gasteiger partial charge < -0.3 is 10.6 Å². The van der Waals surface area contributed by atoms with Gasteiger partial charge in [0, 0.05) is 25.3 Å². The second-order valence-corrected chi connectivity index (χ2v) is 4.92. The molecule has 2 N–H and O–H groups in total. The van der Waals surface area contributed by atoms with Crippen molar-refractivity contribution >= 4 is 5.91 Å². The Kier molecular flexibility index (Phi) is 2.74. The van der Waals surface area contributed by atoms with Crippen molar-refractivity contribution in [1.29, 1.82) is 0 Å². The molecular weight excluding hydrogens is 259 g/mol. The molecule has 0 spiro atoms. The molecule has 1 saturated carbocycles. The van der Waals surface area contributed by atoms with Crippen molar-refractivity contribution in [3.05, 3.63) is 29.6 Å². The predicted molar refractivity (Wildman–Crippen MR) is 60.3 cm³/mol. The largest absolute Gasteiger partial charge is 0.433 e. The van der Waals surface area contributed by atoms with Gasteiger partial charge in [-0.1, -0.05) is 0 Å². The van der Waals surface area contributed by atoms with E-state index in [1.165, 1.54) is 0 Å². The summed E-state index contributed by atoms with van der Waals surface area (Å²) in [7, 11) is 0. The van der Waals surface area contributed by atoms with E-state index in [0.717, 1.165) is 31.4 Å². The SMILES string of the molecule is O=C(NC1C2CNCC21)c1ccc(C(F)(F)F)nc1. The highest BCUT2D eigenvalue weighted by Gasteiger charge is 2.53. The lowest BCUT2D eigenvalue weighted by Crippen LogP contribution is -2.32. The smallest absolute Gasteiger partial charge is 0.349 e. The van der Waals surface area contributed by atoms with E-state index in [9.17, 15) is 18.0 Å². The summed E-state index contributed by atoms with van der Waals surface area (Å²) >= 11 is 0. The molecule has 102 valence electrons. The number of nitrogens with zero attached hydrogens (tertiary/aromatic N) is 1. The number of amides is 1. The third kappa shape index (κ3) is 2.30. The summed E-state index contributed by atoms with van der Waals surface area (Å²) in [5.41, 5.74) is -0.831. The normalized spacial score (nSPS) is 28.9. The summed E-state index contributed by atoms with van der Waals surface area (Å²) in [6.45, 7) is 1.78. The van der Waals surface area contributed by atoms with Gasteiger partial charge in [-0.05, 0) is 24.0 Å². The molecule has 2 fully saturated rings. The fourth-order valence-corrected chi connectivity index (χ4v) is 2.56. The Bertz CT molecular complexity index is 490. The molecule has 0 radical (unpaired) electrons. The van der Waals surface area contributed by atoms with E-state index in [4.69, 9.17) is 0 Å². The average Bonchev–Trinajstić information content (AvgIpc) is 2.81. The number of carbonyl (C=O) groups is 1. The molecule has 0 bridgehead atoms. The maximum absolute atomic E-state index is 12.3. The lowest BCUT2D eigenvalue weighted by molar-refractivity contribution is -0.141. The highest BCUT2D eigenvalue weighted by molar-refractivity contribution is 5.94. The Morgan fingerprint density at radius 3 is 2.53 bits per heavy atom. The van der Waals surface area contributed by atoms with Crippen molar-refractivity contribution in [3.8, 4) is 0 Å². The van der Waals surface area contributed by atoms with Crippen LogP contribution in [0.4, 0.5) is 13.2 Å². The lowest BCUT2D eigenvalue weighted by atomic mass is 10.2. The van der Waals surface area contributed by atoms with E-state index in [1.807, 2.05) is 0 Å². The Morgan fingerprint density at radius 1 is 1.32 bits per heavy atom. The molecule has 1 aromatic rings. The number of rotatable bonds is 2. The van der Waals surface area contributed by atoms with E-state index in [0.29, 0.717) is 11.8 Å². The van der Waals surface area contributed by atoms with Crippen molar-refractivity contribution in [2.75, 3.05) is 13.1 Å². The minimum absolute atomic E-state index is 0.149. The summed E-state index contributed by atoms with van der Waals surface area (Å²) < 4.78 is 37.0. The van der Waals surface area contributed by atoms with Crippen molar-refractivity contribution in [3.63, 3.8) is 0 Å². The molecule has 4 nitrogen and oxygen atoms in total. The van der Waals surface area contributed by atoms with Crippen LogP contribution in [0, 0.1) is 11.8 Å². The van der Waals surface area contributed by atoms with Gasteiger partial charge in [0.2, 0.25) is 0 Å². The van der Waals surface area contributed by atoms with Crippen molar-refractivity contribution in [2.45, 2.75) is 12.2 Å². The zero-order valence-electron chi connectivity index (χ0n) is 9.87. The molecule has 0 aromatic carbocycles. The zero-order chi connectivity index (χ0) is 13.6. The van der Waals surface area contributed by atoms with E-state index in [-0.39, 0.29) is 17.5 Å². The maximum atomic E-state index is 12.3. The number of carbonyl (C=O) groups excluding carboxylic acids is 1. The molecule has 1 amide bonds. The fraction of sp³-hybridized carbons (Fsp3) is 0.500. The van der Waals surface area contributed by atoms with Gasteiger partial charge in [0.1, 0.15) is 5.69 Å². The number of halogens is 3. The Hall–Kier alpha value is -1.63. The molecular formula is C12H12F3N3O. The Labute approximate surface area is 107 Å². The van der Waals surface area contributed by atoms with Gasteiger partial charge in [0.05, 0.1) is 5.56 Å². The molecule has 2 atom stereocenters. The lowest BCUT2D eigenvalue weighted by Gasteiger charge is -2.09. The summed E-state index contributed by atoms with van der Waals surface area (Å²) in [4.78, 5) is 15.1. The first-order valence-electron chi connectivity index (χ1n) is 6.01. The van der Waals surface area contributed by atoms with Crippen LogP contribution >= 0.6 is 0 Å². The van der Waals surface area contributed by atoms with E-state index in [2.05, 4.69) is 15.6 Å². The van der Waals surface area contributed by atoms with Crippen LogP contribution in [0.15, 0.2) is 18.3 Å². The van der Waals surface area contributed by atoms with Crippen LogP contribution in [0.1, 0.15) is 16.1 Å². The number of hydrogen-bond donors (Lipinski definition) is 2. The molecule has 1 saturated heterocycles. The number of alkyl halides is 3. The molecule has 2 aliphatic rings. The standard InChI is InChI=1S/C12H12F3N3O/c13-12(14,15)9-2-1-6(3-17-9)11(19)18-10-7-4-16-5-8(7)10/h1-3,7-8,10,16H,4-5H2,(H,18,19). The second kappa shape index (κ2) is 4.19. The molecule has 7 heteroatoms. The van der Waals surface area contributed by atoms with Gasteiger partial charge in [-0.2, -0.15) is 13.2 Å². The second-order valence-electron chi connectivity index (χ2n) is 4.92. The van der Waals surface area contributed by atoms with Crippen LogP contribution < -0.4 is 10.6 Å². The van der Waals surface area contributed by atoms with Crippen molar-refractivity contribution < 1.29 is 18.0 Å². The highest BCUT2D eigenvalue weighted by Crippen LogP contribution is 2.41. The average molecular weight is 271 g/mol. The van der Waals surface area contributed by atoms with Crippen LogP contribution in [0.25, 0.3) is 0 Å². The topological polar surface area (TPSA) is 54.0 Å². The quantitative estimate of drug-likeness (QED) is 0.845. The predicted octanol–water partition coefficient (Wildman–Crippen LogP) is 1.05. The van der Waals surface area contributed by atoms with E-state index >= 15 is 0 Å². The molecule has 2 unspecified atom stereocenters. The van der Waals surface area contributed by atoms with Crippen LogP contribution in [0.2, 0.25) is 0 Å². The molecule has 3 rings (SSSR count). The first-order valence-corrected chi connectivity index (χ1v) is 6.01. The van der Waals surface area contributed by atoms with Crippen LogP contribution in [0.3, 0.4) is 0 Å². The number of nitrogens with one attached hydrogen (secondary N) is 2. The van der Waals surface area contributed by atoms with Gasteiger partial charge in [-0.3, -0.25) is 9.78 Å². The summed E-state index contributed by atoms with van der Waals surface area (Å²) in [6.07, 6.45) is -3.51. The summed E-state index contributed by atoms with van der Waals surface area (Å²) in [6, 6.07) is 2.13. The first-order chi connectivity index (χ1) is 8.97. The third-order valence-corrected chi connectivity index (χ3v) is 3.71. The number of hydrogen-bond acceptors (Lipinski definition) is 3. The highest BCUT2D eigenvalue weighted by atomic mass is 19.4. The van der Waals surface area contributed by atoms with Crippen LogP contribution in [0.5, 0.6) is 0 Å².